The Hall–Kier alpha value is -1.81. The molecule has 0 aliphatic heterocycles. The molecule has 0 radical (unpaired) electrons. The summed E-state index contributed by atoms with van der Waals surface area (Å²) in [5, 5.41) is 0.676. The second-order valence-corrected chi connectivity index (χ2v) is 4.37. The smallest absolute Gasteiger partial charge is 0.306 e. The van der Waals surface area contributed by atoms with Crippen LogP contribution in [0.25, 0.3) is 11.3 Å². The molecule has 1 aromatic carbocycles. The van der Waals surface area contributed by atoms with Gasteiger partial charge in [0.1, 0.15) is 12.0 Å². The van der Waals surface area contributed by atoms with Crippen LogP contribution in [0.5, 0.6) is 0 Å². The molecule has 0 amide bonds. The van der Waals surface area contributed by atoms with Gasteiger partial charge in [-0.15, -0.1) is 0 Å². The Kier molecular flexibility index (Phi) is 4.58. The zero-order chi connectivity index (χ0) is 13.7. The fourth-order valence-corrected chi connectivity index (χ4v) is 1.75. The number of aryl methyl sites for hydroxylation is 1. The van der Waals surface area contributed by atoms with E-state index in [-0.39, 0.29) is 12.4 Å². The normalized spacial score (nSPS) is 10.4. The third-order valence-electron chi connectivity index (χ3n) is 2.54. The summed E-state index contributed by atoms with van der Waals surface area (Å²) >= 11 is 5.82. The van der Waals surface area contributed by atoms with Crippen molar-refractivity contribution in [1.82, 2.24) is 4.98 Å². The molecule has 2 rings (SSSR count). The molecular weight excluding hydrogens is 266 g/mol. The van der Waals surface area contributed by atoms with Crippen LogP contribution in [0.4, 0.5) is 0 Å². The lowest BCUT2D eigenvalue weighted by Crippen LogP contribution is -2.05. The minimum atomic E-state index is -0.242. The first-order chi connectivity index (χ1) is 9.19. The lowest BCUT2D eigenvalue weighted by atomic mass is 10.2. The van der Waals surface area contributed by atoms with Crippen molar-refractivity contribution < 1.29 is 13.9 Å². The molecule has 0 saturated heterocycles. The van der Waals surface area contributed by atoms with Gasteiger partial charge in [-0.1, -0.05) is 23.7 Å². The van der Waals surface area contributed by atoms with E-state index >= 15 is 0 Å². The second kappa shape index (κ2) is 6.38. The highest BCUT2D eigenvalue weighted by Crippen LogP contribution is 2.21. The minimum absolute atomic E-state index is 0.242. The Bertz CT molecular complexity index is 548. The van der Waals surface area contributed by atoms with E-state index in [0.29, 0.717) is 23.9 Å². The Morgan fingerprint density at radius 1 is 1.37 bits per heavy atom. The third kappa shape index (κ3) is 3.83. The molecule has 0 fully saturated rings. The largest absolute Gasteiger partial charge is 0.466 e. The first-order valence-electron chi connectivity index (χ1n) is 6.05. The summed E-state index contributed by atoms with van der Waals surface area (Å²) in [6.45, 7) is 2.17. The van der Waals surface area contributed by atoms with E-state index in [1.807, 2.05) is 12.1 Å². The van der Waals surface area contributed by atoms with Gasteiger partial charge in [-0.3, -0.25) is 4.79 Å². The number of carbonyl (C=O) groups is 1. The quantitative estimate of drug-likeness (QED) is 0.786. The van der Waals surface area contributed by atoms with E-state index in [1.165, 1.54) is 0 Å². The molecule has 100 valence electrons. The Balaban J connectivity index is 1.99. The zero-order valence-electron chi connectivity index (χ0n) is 10.6. The number of esters is 1. The van der Waals surface area contributed by atoms with Gasteiger partial charge < -0.3 is 9.15 Å². The number of benzene rings is 1. The molecule has 0 spiro atoms. The number of aromatic nitrogens is 1. The number of halogens is 1. The van der Waals surface area contributed by atoms with Crippen LogP contribution in [-0.2, 0) is 16.0 Å². The van der Waals surface area contributed by atoms with Crippen LogP contribution in [0, 0.1) is 0 Å². The minimum Gasteiger partial charge on any atom is -0.466 e. The predicted octanol–water partition coefficient (Wildman–Crippen LogP) is 3.49. The van der Waals surface area contributed by atoms with E-state index in [2.05, 4.69) is 4.98 Å². The van der Waals surface area contributed by atoms with Crippen molar-refractivity contribution in [2.75, 3.05) is 6.61 Å². The van der Waals surface area contributed by atoms with Crippen LogP contribution in [0.3, 0.4) is 0 Å². The summed E-state index contributed by atoms with van der Waals surface area (Å²) in [7, 11) is 0. The maximum absolute atomic E-state index is 11.2. The van der Waals surface area contributed by atoms with Crippen molar-refractivity contribution in [1.29, 1.82) is 0 Å². The number of carbonyl (C=O) groups excluding carboxylic acids is 1. The van der Waals surface area contributed by atoms with Crippen molar-refractivity contribution in [3.8, 4) is 11.3 Å². The molecule has 5 heteroatoms. The summed E-state index contributed by atoms with van der Waals surface area (Å²) in [5.41, 5.74) is 1.66. The summed E-state index contributed by atoms with van der Waals surface area (Å²) in [4.78, 5) is 15.5. The second-order valence-electron chi connectivity index (χ2n) is 3.94. The molecule has 1 heterocycles. The number of hydrogen-bond donors (Lipinski definition) is 0. The van der Waals surface area contributed by atoms with E-state index < -0.39 is 0 Å². The molecular formula is C14H14ClNO3. The Morgan fingerprint density at radius 2 is 2.11 bits per heavy atom. The SMILES string of the molecule is CCOC(=O)CCc1nc(-c2ccc(Cl)cc2)co1. The molecule has 0 aliphatic rings. The third-order valence-corrected chi connectivity index (χ3v) is 2.79. The Labute approximate surface area is 116 Å². The van der Waals surface area contributed by atoms with Gasteiger partial charge in [0.2, 0.25) is 0 Å². The summed E-state index contributed by atoms with van der Waals surface area (Å²) in [6.07, 6.45) is 2.28. The summed E-state index contributed by atoms with van der Waals surface area (Å²) in [6, 6.07) is 7.33. The number of oxazole rings is 1. The lowest BCUT2D eigenvalue weighted by molar-refractivity contribution is -0.143. The summed E-state index contributed by atoms with van der Waals surface area (Å²) in [5.74, 6) is 0.284. The summed E-state index contributed by atoms with van der Waals surface area (Å²) < 4.78 is 10.2. The number of ether oxygens (including phenoxy) is 1. The van der Waals surface area contributed by atoms with Gasteiger partial charge in [-0.25, -0.2) is 4.98 Å². The highest BCUT2D eigenvalue weighted by Gasteiger charge is 2.09. The molecule has 0 aliphatic carbocycles. The van der Waals surface area contributed by atoms with Crippen LogP contribution >= 0.6 is 11.6 Å². The van der Waals surface area contributed by atoms with Gasteiger partial charge in [0.25, 0.3) is 0 Å². The van der Waals surface area contributed by atoms with Crippen LogP contribution in [0.2, 0.25) is 5.02 Å². The standard InChI is InChI=1S/C14H14ClNO3/c1-2-18-14(17)8-7-13-16-12(9-19-13)10-3-5-11(15)6-4-10/h3-6,9H,2,7-8H2,1H3. The van der Waals surface area contributed by atoms with Crippen LogP contribution < -0.4 is 0 Å². The van der Waals surface area contributed by atoms with Crippen molar-refractivity contribution in [2.45, 2.75) is 19.8 Å². The van der Waals surface area contributed by atoms with Crippen molar-refractivity contribution in [3.63, 3.8) is 0 Å². The number of rotatable bonds is 5. The molecule has 0 bridgehead atoms. The first kappa shape index (κ1) is 13.6. The van der Waals surface area contributed by atoms with E-state index in [4.69, 9.17) is 20.8 Å². The van der Waals surface area contributed by atoms with E-state index in [9.17, 15) is 4.79 Å². The number of nitrogens with zero attached hydrogens (tertiary/aromatic N) is 1. The maximum atomic E-state index is 11.2. The average molecular weight is 280 g/mol. The molecule has 0 unspecified atom stereocenters. The van der Waals surface area contributed by atoms with Crippen molar-refractivity contribution in [2.24, 2.45) is 0 Å². The van der Waals surface area contributed by atoms with Crippen molar-refractivity contribution in [3.05, 3.63) is 41.4 Å². The molecule has 0 atom stereocenters. The van der Waals surface area contributed by atoms with E-state index in [0.717, 1.165) is 11.3 Å². The molecule has 0 saturated carbocycles. The topological polar surface area (TPSA) is 52.3 Å². The number of hydrogen-bond acceptors (Lipinski definition) is 4. The van der Waals surface area contributed by atoms with Gasteiger partial charge in [-0.05, 0) is 19.1 Å². The maximum Gasteiger partial charge on any atom is 0.306 e. The molecule has 2 aromatic rings. The van der Waals surface area contributed by atoms with Crippen LogP contribution in [0.1, 0.15) is 19.2 Å². The first-order valence-corrected chi connectivity index (χ1v) is 6.43. The van der Waals surface area contributed by atoms with Crippen LogP contribution in [0.15, 0.2) is 34.9 Å². The van der Waals surface area contributed by atoms with Crippen molar-refractivity contribution >= 4 is 17.6 Å². The van der Waals surface area contributed by atoms with E-state index in [1.54, 1.807) is 25.3 Å². The molecule has 1 aromatic heterocycles. The van der Waals surface area contributed by atoms with Gasteiger partial charge in [-0.2, -0.15) is 0 Å². The monoisotopic (exact) mass is 279 g/mol. The van der Waals surface area contributed by atoms with Gasteiger partial charge in [0, 0.05) is 17.0 Å². The highest BCUT2D eigenvalue weighted by atomic mass is 35.5. The van der Waals surface area contributed by atoms with Crippen LogP contribution in [-0.4, -0.2) is 17.6 Å². The van der Waals surface area contributed by atoms with Gasteiger partial charge >= 0.3 is 5.97 Å². The zero-order valence-corrected chi connectivity index (χ0v) is 11.3. The fourth-order valence-electron chi connectivity index (χ4n) is 1.62. The predicted molar refractivity (Wildman–Crippen MR) is 71.9 cm³/mol. The van der Waals surface area contributed by atoms with Gasteiger partial charge in [0.15, 0.2) is 5.89 Å². The fraction of sp³-hybridized carbons (Fsp3) is 0.286. The molecule has 19 heavy (non-hydrogen) atoms. The van der Waals surface area contributed by atoms with Gasteiger partial charge in [0.05, 0.1) is 13.0 Å². The Morgan fingerprint density at radius 3 is 2.79 bits per heavy atom. The molecule has 0 N–H and O–H groups in total. The highest BCUT2D eigenvalue weighted by molar-refractivity contribution is 6.30. The molecule has 4 nitrogen and oxygen atoms in total. The lowest BCUT2D eigenvalue weighted by Gasteiger charge is -1.98. The average Bonchev–Trinajstić information content (AvgIpc) is 2.86.